The van der Waals surface area contributed by atoms with Crippen molar-refractivity contribution in [2.75, 3.05) is 25.6 Å². The van der Waals surface area contributed by atoms with E-state index in [1.807, 2.05) is 5.32 Å². The van der Waals surface area contributed by atoms with Gasteiger partial charge in [-0.1, -0.05) is 0 Å². The fourth-order valence-electron chi connectivity index (χ4n) is 1.06. The van der Waals surface area contributed by atoms with Crippen molar-refractivity contribution in [1.29, 1.82) is 0 Å². The zero-order valence-corrected chi connectivity index (χ0v) is 9.02. The van der Waals surface area contributed by atoms with Gasteiger partial charge in [0.2, 0.25) is 0 Å². The Hall–Kier alpha value is -1.76. The highest BCUT2D eigenvalue weighted by atomic mass is 19.2. The Morgan fingerprint density at radius 3 is 2.65 bits per heavy atom. The third-order valence-electron chi connectivity index (χ3n) is 1.88. The Morgan fingerprint density at radius 1 is 1.29 bits per heavy atom. The first-order valence-electron chi connectivity index (χ1n) is 4.73. The summed E-state index contributed by atoms with van der Waals surface area (Å²) in [6, 6.07) is 0.930. The molecule has 1 rings (SSSR count). The van der Waals surface area contributed by atoms with Gasteiger partial charge < -0.3 is 15.4 Å². The Balaban J connectivity index is 2.63. The molecule has 94 valence electrons. The lowest BCUT2D eigenvalue weighted by atomic mass is 10.3. The summed E-state index contributed by atoms with van der Waals surface area (Å²) in [6.45, 7) is 0.501. The van der Waals surface area contributed by atoms with E-state index in [2.05, 4.69) is 10.1 Å². The molecule has 1 aromatic rings. The molecule has 0 aliphatic rings. The van der Waals surface area contributed by atoms with E-state index in [1.54, 1.807) is 0 Å². The van der Waals surface area contributed by atoms with Crippen LogP contribution in [0.4, 0.5) is 23.7 Å². The minimum Gasteiger partial charge on any atom is -0.383 e. The number of amides is 2. The molecule has 0 aliphatic carbocycles. The minimum atomic E-state index is -1.63. The van der Waals surface area contributed by atoms with Gasteiger partial charge in [-0.3, -0.25) is 0 Å². The lowest BCUT2D eigenvalue weighted by Crippen LogP contribution is -2.31. The smallest absolute Gasteiger partial charge is 0.319 e. The number of halogens is 3. The standard InChI is InChI=1S/C10H11F3N2O2/c1-17-5-4-14-10(16)15-7-3-2-6(11)8(12)9(7)13/h2-3H,4-5H2,1H3,(H2,14,15,16). The van der Waals surface area contributed by atoms with Gasteiger partial charge in [-0.25, -0.2) is 18.0 Å². The topological polar surface area (TPSA) is 50.4 Å². The number of anilines is 1. The third kappa shape index (κ3) is 3.63. The first-order chi connectivity index (χ1) is 8.06. The van der Waals surface area contributed by atoms with E-state index in [0.29, 0.717) is 0 Å². The monoisotopic (exact) mass is 248 g/mol. The highest BCUT2D eigenvalue weighted by Crippen LogP contribution is 2.19. The van der Waals surface area contributed by atoms with Gasteiger partial charge in [0.25, 0.3) is 0 Å². The number of hydrogen-bond donors (Lipinski definition) is 2. The van der Waals surface area contributed by atoms with Crippen molar-refractivity contribution in [2.45, 2.75) is 0 Å². The van der Waals surface area contributed by atoms with Crippen molar-refractivity contribution in [3.8, 4) is 0 Å². The molecular formula is C10H11F3N2O2. The van der Waals surface area contributed by atoms with Gasteiger partial charge >= 0.3 is 6.03 Å². The van der Waals surface area contributed by atoms with E-state index >= 15 is 0 Å². The highest BCUT2D eigenvalue weighted by molar-refractivity contribution is 5.89. The first kappa shape index (κ1) is 13.3. The average molecular weight is 248 g/mol. The minimum absolute atomic E-state index is 0.216. The summed E-state index contributed by atoms with van der Waals surface area (Å²) in [5, 5.41) is 4.39. The van der Waals surface area contributed by atoms with E-state index < -0.39 is 29.2 Å². The molecular weight excluding hydrogens is 237 g/mol. The SMILES string of the molecule is COCCNC(=O)Nc1ccc(F)c(F)c1F. The van der Waals surface area contributed by atoms with E-state index in [-0.39, 0.29) is 13.2 Å². The number of rotatable bonds is 4. The zero-order chi connectivity index (χ0) is 12.8. The van der Waals surface area contributed by atoms with Crippen LogP contribution in [0.25, 0.3) is 0 Å². The summed E-state index contributed by atoms with van der Waals surface area (Å²) >= 11 is 0. The molecule has 0 heterocycles. The molecule has 2 N–H and O–H groups in total. The van der Waals surface area contributed by atoms with Gasteiger partial charge in [0.15, 0.2) is 17.5 Å². The molecule has 0 spiro atoms. The maximum Gasteiger partial charge on any atom is 0.319 e. The largest absolute Gasteiger partial charge is 0.383 e. The number of hydrogen-bond acceptors (Lipinski definition) is 2. The van der Waals surface area contributed by atoms with Crippen LogP contribution in [0.5, 0.6) is 0 Å². The predicted molar refractivity (Wildman–Crippen MR) is 55.2 cm³/mol. The van der Waals surface area contributed by atoms with Crippen molar-refractivity contribution in [2.24, 2.45) is 0 Å². The second-order valence-electron chi connectivity index (χ2n) is 3.10. The van der Waals surface area contributed by atoms with Crippen LogP contribution in [-0.4, -0.2) is 26.3 Å². The lowest BCUT2D eigenvalue weighted by Gasteiger charge is -2.08. The zero-order valence-electron chi connectivity index (χ0n) is 9.02. The first-order valence-corrected chi connectivity index (χ1v) is 4.73. The van der Waals surface area contributed by atoms with E-state index in [1.165, 1.54) is 7.11 Å². The quantitative estimate of drug-likeness (QED) is 0.631. The summed E-state index contributed by atoms with van der Waals surface area (Å²) in [7, 11) is 1.45. The van der Waals surface area contributed by atoms with Crippen LogP contribution < -0.4 is 10.6 Å². The molecule has 0 aliphatic heterocycles. The number of ether oxygens (including phenoxy) is 1. The number of methoxy groups -OCH3 is 1. The van der Waals surface area contributed by atoms with Gasteiger partial charge in [-0.15, -0.1) is 0 Å². The van der Waals surface area contributed by atoms with Gasteiger partial charge in [-0.2, -0.15) is 0 Å². The molecule has 0 fully saturated rings. The Morgan fingerprint density at radius 2 is 2.00 bits per heavy atom. The summed E-state index contributed by atoms with van der Waals surface area (Å²) < 4.78 is 43.2. The van der Waals surface area contributed by atoms with Crippen LogP contribution in [0.3, 0.4) is 0 Å². The molecule has 1 aromatic carbocycles. The average Bonchev–Trinajstić information content (AvgIpc) is 2.30. The molecule has 0 atom stereocenters. The molecule has 0 radical (unpaired) electrons. The van der Waals surface area contributed by atoms with Crippen molar-refractivity contribution in [3.05, 3.63) is 29.6 Å². The van der Waals surface area contributed by atoms with Crippen LogP contribution in [-0.2, 0) is 4.74 Å². The molecule has 0 aromatic heterocycles. The number of urea groups is 1. The van der Waals surface area contributed by atoms with Crippen molar-refractivity contribution in [1.82, 2.24) is 5.32 Å². The molecule has 0 saturated heterocycles. The van der Waals surface area contributed by atoms with E-state index in [0.717, 1.165) is 12.1 Å². The molecule has 0 bridgehead atoms. The van der Waals surface area contributed by atoms with Gasteiger partial charge in [0, 0.05) is 13.7 Å². The molecule has 2 amide bonds. The Kier molecular flexibility index (Phi) is 4.77. The fourth-order valence-corrected chi connectivity index (χ4v) is 1.06. The Bertz CT molecular complexity index is 413. The normalized spacial score (nSPS) is 10.1. The van der Waals surface area contributed by atoms with Gasteiger partial charge in [0.05, 0.1) is 12.3 Å². The summed E-state index contributed by atoms with van der Waals surface area (Å²) in [5.74, 6) is -4.38. The highest BCUT2D eigenvalue weighted by Gasteiger charge is 2.14. The van der Waals surface area contributed by atoms with Crippen LogP contribution in [0.15, 0.2) is 12.1 Å². The van der Waals surface area contributed by atoms with Crippen molar-refractivity contribution in [3.63, 3.8) is 0 Å². The second-order valence-corrected chi connectivity index (χ2v) is 3.10. The molecule has 17 heavy (non-hydrogen) atoms. The van der Waals surface area contributed by atoms with Gasteiger partial charge in [-0.05, 0) is 12.1 Å². The number of nitrogens with one attached hydrogen (secondary N) is 2. The molecule has 4 nitrogen and oxygen atoms in total. The molecule has 0 unspecified atom stereocenters. The second kappa shape index (κ2) is 6.09. The maximum atomic E-state index is 13.1. The molecule has 7 heteroatoms. The predicted octanol–water partition coefficient (Wildman–Crippen LogP) is 1.87. The third-order valence-corrected chi connectivity index (χ3v) is 1.88. The fraction of sp³-hybridized carbons (Fsp3) is 0.300. The van der Waals surface area contributed by atoms with Crippen molar-refractivity contribution < 1.29 is 22.7 Å². The van der Waals surface area contributed by atoms with Crippen LogP contribution >= 0.6 is 0 Å². The number of carbonyl (C=O) groups is 1. The Labute approximate surface area is 95.8 Å². The summed E-state index contributed by atoms with van der Waals surface area (Å²) in [5.41, 5.74) is -0.432. The summed E-state index contributed by atoms with van der Waals surface area (Å²) in [4.78, 5) is 11.2. The van der Waals surface area contributed by atoms with Crippen LogP contribution in [0, 0.1) is 17.5 Å². The van der Waals surface area contributed by atoms with Gasteiger partial charge in [0.1, 0.15) is 0 Å². The maximum absolute atomic E-state index is 13.1. The number of carbonyl (C=O) groups excluding carboxylic acids is 1. The number of benzene rings is 1. The molecule has 0 saturated carbocycles. The van der Waals surface area contributed by atoms with Crippen LogP contribution in [0.2, 0.25) is 0 Å². The van der Waals surface area contributed by atoms with E-state index in [4.69, 9.17) is 0 Å². The summed E-state index contributed by atoms with van der Waals surface area (Å²) in [6.07, 6.45) is 0. The van der Waals surface area contributed by atoms with Crippen molar-refractivity contribution >= 4 is 11.7 Å². The van der Waals surface area contributed by atoms with Crippen LogP contribution in [0.1, 0.15) is 0 Å². The van der Waals surface area contributed by atoms with E-state index in [9.17, 15) is 18.0 Å². The lowest BCUT2D eigenvalue weighted by molar-refractivity contribution is 0.198.